The Labute approximate surface area is 258 Å². The van der Waals surface area contributed by atoms with Gasteiger partial charge in [0.1, 0.15) is 23.2 Å². The van der Waals surface area contributed by atoms with E-state index in [0.29, 0.717) is 5.56 Å². The number of carbonyl (C=O) groups excluding carboxylic acids is 3. The van der Waals surface area contributed by atoms with E-state index in [2.05, 4.69) is 17.9 Å². The Balaban J connectivity index is 0.00000169. The lowest BCUT2D eigenvalue weighted by atomic mass is 10.0. The largest absolute Gasteiger partial charge is 0.416 e. The van der Waals surface area contributed by atoms with Crippen LogP contribution in [0, 0.1) is 5.82 Å². The van der Waals surface area contributed by atoms with Crippen molar-refractivity contribution in [3.8, 4) is 11.1 Å². The van der Waals surface area contributed by atoms with Crippen molar-refractivity contribution in [2.75, 3.05) is 6.54 Å². The second-order valence-corrected chi connectivity index (χ2v) is 9.82. The molecule has 0 aromatic heterocycles. The van der Waals surface area contributed by atoms with Crippen LogP contribution in [0.5, 0.6) is 0 Å². The Bertz CT molecular complexity index is 1590. The van der Waals surface area contributed by atoms with Crippen molar-refractivity contribution < 1.29 is 31.9 Å². The minimum absolute atomic E-state index is 0.0662. The Morgan fingerprint density at radius 1 is 0.886 bits per heavy atom. The normalized spacial score (nSPS) is 11.9. The number of thiol groups is 1. The van der Waals surface area contributed by atoms with Gasteiger partial charge in [0.05, 0.1) is 5.56 Å². The van der Waals surface area contributed by atoms with Crippen molar-refractivity contribution >= 4 is 36.8 Å². The molecule has 1 N–H and O–H groups in total. The molecule has 0 radical (unpaired) electrons. The second-order valence-electron chi connectivity index (χ2n) is 9.33. The molecule has 1 atom stereocenters. The van der Waals surface area contributed by atoms with Crippen molar-refractivity contribution in [2.45, 2.75) is 25.4 Å². The zero-order chi connectivity index (χ0) is 32.3. The number of amides is 2. The van der Waals surface area contributed by atoms with E-state index < -0.39 is 34.7 Å². The Morgan fingerprint density at radius 3 is 2.05 bits per heavy atom. The highest BCUT2D eigenvalue weighted by molar-refractivity contribution is 7.80. The van der Waals surface area contributed by atoms with Crippen molar-refractivity contribution in [1.82, 2.24) is 10.2 Å². The highest BCUT2D eigenvalue weighted by atomic mass is 32.1. The van der Waals surface area contributed by atoms with Gasteiger partial charge in [-0.25, -0.2) is 4.39 Å². The van der Waals surface area contributed by atoms with Crippen LogP contribution in [0.15, 0.2) is 109 Å². The van der Waals surface area contributed by atoms with E-state index in [9.17, 15) is 27.2 Å². The smallest absolute Gasteiger partial charge is 0.322 e. The van der Waals surface area contributed by atoms with Crippen molar-refractivity contribution in [2.24, 2.45) is 0 Å². The van der Waals surface area contributed by atoms with E-state index in [0.717, 1.165) is 29.5 Å². The number of benzene rings is 4. The summed E-state index contributed by atoms with van der Waals surface area (Å²) in [6.07, 6.45) is -2.65. The van der Waals surface area contributed by atoms with Gasteiger partial charge in [-0.05, 0) is 78.6 Å². The predicted octanol–water partition coefficient (Wildman–Crippen LogP) is 7.96. The summed E-state index contributed by atoms with van der Waals surface area (Å²) in [4.78, 5) is 37.1. The molecule has 4 aromatic rings. The minimum Gasteiger partial charge on any atom is -0.322 e. The number of likely N-dealkylation sites (N-methyl/N-ethyl adjacent to an activating group) is 1. The number of carbonyl (C=O) groups is 3. The SMILES string of the molecule is CC=O.CCN(C(=O)/C(=C\c1cccc(C(F)(F)F)c1)NC(=O)c1ccc(-c2ccccc2)cc1)C(S)c1ccc(F)cc1. The van der Waals surface area contributed by atoms with Gasteiger partial charge in [0.15, 0.2) is 0 Å². The first kappa shape index (κ1) is 33.8. The zero-order valence-electron chi connectivity index (χ0n) is 23.9. The predicted molar refractivity (Wildman–Crippen MR) is 166 cm³/mol. The van der Waals surface area contributed by atoms with Gasteiger partial charge in [0.2, 0.25) is 0 Å². The van der Waals surface area contributed by atoms with E-state index in [1.807, 2.05) is 30.3 Å². The van der Waals surface area contributed by atoms with Crippen molar-refractivity contribution in [3.05, 3.63) is 137 Å². The molecule has 4 aromatic carbocycles. The average molecular weight is 623 g/mol. The first-order chi connectivity index (χ1) is 21.0. The van der Waals surface area contributed by atoms with Gasteiger partial charge in [0, 0.05) is 12.1 Å². The molecule has 0 saturated carbocycles. The first-order valence-electron chi connectivity index (χ1n) is 13.5. The maximum Gasteiger partial charge on any atom is 0.416 e. The van der Waals surface area contributed by atoms with Gasteiger partial charge in [0.25, 0.3) is 11.8 Å². The fourth-order valence-electron chi connectivity index (χ4n) is 4.16. The number of rotatable bonds is 8. The topological polar surface area (TPSA) is 66.5 Å². The average Bonchev–Trinajstić information content (AvgIpc) is 3.02. The van der Waals surface area contributed by atoms with E-state index in [-0.39, 0.29) is 23.4 Å². The molecule has 228 valence electrons. The zero-order valence-corrected chi connectivity index (χ0v) is 24.8. The van der Waals surface area contributed by atoms with Crippen LogP contribution in [0.4, 0.5) is 17.6 Å². The Kier molecular flexibility index (Phi) is 12.0. The molecule has 4 rings (SSSR count). The summed E-state index contributed by atoms with van der Waals surface area (Å²) in [6.45, 7) is 3.28. The van der Waals surface area contributed by atoms with Crippen LogP contribution in [-0.2, 0) is 15.8 Å². The van der Waals surface area contributed by atoms with Gasteiger partial charge in [-0.15, -0.1) is 12.6 Å². The Morgan fingerprint density at radius 2 is 1.48 bits per heavy atom. The molecule has 0 spiro atoms. The standard InChI is InChI=1S/C32H26F4N2O2S.C2H4O/c1-2-38(31(41)25-15-17-27(33)18-16-25)30(40)28(20-21-7-6-10-26(19-21)32(34,35)36)37-29(39)24-13-11-23(12-14-24)22-8-4-3-5-9-22;1-2-3/h3-20,31,41H,2H2,1H3,(H,37,39);2H,1H3/b28-20+;. The molecule has 0 bridgehead atoms. The highest BCUT2D eigenvalue weighted by Gasteiger charge is 2.31. The van der Waals surface area contributed by atoms with Crippen LogP contribution in [-0.4, -0.2) is 29.5 Å². The summed E-state index contributed by atoms with van der Waals surface area (Å²) in [5.74, 6) is -1.76. The monoisotopic (exact) mass is 622 g/mol. The number of alkyl halides is 3. The number of halogens is 4. The molecule has 0 fully saturated rings. The van der Waals surface area contributed by atoms with Gasteiger partial charge in [-0.3, -0.25) is 9.59 Å². The molecule has 0 saturated heterocycles. The summed E-state index contributed by atoms with van der Waals surface area (Å²) < 4.78 is 53.5. The molecule has 0 aliphatic rings. The van der Waals surface area contributed by atoms with Crippen LogP contribution >= 0.6 is 12.6 Å². The summed E-state index contributed by atoms with van der Waals surface area (Å²) in [7, 11) is 0. The van der Waals surface area contributed by atoms with E-state index >= 15 is 0 Å². The maximum atomic E-state index is 13.7. The molecule has 10 heteroatoms. The molecule has 0 aliphatic heterocycles. The first-order valence-corrected chi connectivity index (χ1v) is 14.0. The quantitative estimate of drug-likeness (QED) is 0.0689. The third-order valence-corrected chi connectivity index (χ3v) is 6.90. The summed E-state index contributed by atoms with van der Waals surface area (Å²) in [5, 5.41) is 1.77. The van der Waals surface area contributed by atoms with Gasteiger partial charge in [-0.1, -0.05) is 66.7 Å². The molecule has 1 unspecified atom stereocenters. The van der Waals surface area contributed by atoms with Crippen LogP contribution < -0.4 is 5.32 Å². The molecular formula is C34H30F4N2O3S. The van der Waals surface area contributed by atoms with Crippen LogP contribution in [0.3, 0.4) is 0 Å². The Hall–Kier alpha value is -4.70. The van der Waals surface area contributed by atoms with Crippen molar-refractivity contribution in [1.29, 1.82) is 0 Å². The lowest BCUT2D eigenvalue weighted by Gasteiger charge is -2.29. The van der Waals surface area contributed by atoms with E-state index in [4.69, 9.17) is 4.79 Å². The van der Waals surface area contributed by atoms with Crippen LogP contribution in [0.1, 0.15) is 46.3 Å². The fraction of sp³-hybridized carbons (Fsp3) is 0.147. The molecular weight excluding hydrogens is 592 g/mol. The summed E-state index contributed by atoms with van der Waals surface area (Å²) >= 11 is 4.54. The van der Waals surface area contributed by atoms with Gasteiger partial charge < -0.3 is 15.0 Å². The third-order valence-electron chi connectivity index (χ3n) is 6.32. The summed E-state index contributed by atoms with van der Waals surface area (Å²) in [5.41, 5.74) is 1.53. The molecule has 2 amide bonds. The number of aldehydes is 1. The van der Waals surface area contributed by atoms with E-state index in [1.165, 1.54) is 54.3 Å². The van der Waals surface area contributed by atoms with Crippen molar-refractivity contribution in [3.63, 3.8) is 0 Å². The van der Waals surface area contributed by atoms with Crippen LogP contribution in [0.2, 0.25) is 0 Å². The molecule has 44 heavy (non-hydrogen) atoms. The van der Waals surface area contributed by atoms with E-state index in [1.54, 1.807) is 31.2 Å². The number of hydrogen-bond acceptors (Lipinski definition) is 4. The summed E-state index contributed by atoms with van der Waals surface area (Å²) in [6, 6.07) is 26.1. The number of nitrogens with zero attached hydrogens (tertiary/aromatic N) is 1. The second kappa shape index (κ2) is 15.7. The molecule has 0 heterocycles. The number of nitrogens with one attached hydrogen (secondary N) is 1. The van der Waals surface area contributed by atoms with Gasteiger partial charge in [-0.2, -0.15) is 13.2 Å². The van der Waals surface area contributed by atoms with Crippen LogP contribution in [0.25, 0.3) is 17.2 Å². The third kappa shape index (κ3) is 9.15. The highest BCUT2D eigenvalue weighted by Crippen LogP contribution is 2.31. The lowest BCUT2D eigenvalue weighted by Crippen LogP contribution is -2.39. The minimum atomic E-state index is -4.59. The molecule has 5 nitrogen and oxygen atoms in total. The number of hydrogen-bond donors (Lipinski definition) is 2. The maximum absolute atomic E-state index is 13.7. The lowest BCUT2D eigenvalue weighted by molar-refractivity contribution is -0.137. The van der Waals surface area contributed by atoms with Gasteiger partial charge >= 0.3 is 6.18 Å². The fourth-order valence-corrected chi connectivity index (χ4v) is 4.60. The molecule has 0 aliphatic carbocycles.